The minimum absolute atomic E-state index is 0.00301. The summed E-state index contributed by atoms with van der Waals surface area (Å²) in [6.07, 6.45) is 0.975. The van der Waals surface area contributed by atoms with Gasteiger partial charge < -0.3 is 10.6 Å². The van der Waals surface area contributed by atoms with Crippen LogP contribution in [-0.4, -0.2) is 29.3 Å². The van der Waals surface area contributed by atoms with E-state index in [4.69, 9.17) is 5.73 Å². The summed E-state index contributed by atoms with van der Waals surface area (Å²) in [5, 5.41) is 0. The van der Waals surface area contributed by atoms with Gasteiger partial charge in [0.15, 0.2) is 0 Å². The molecular formula is C14H16Br2N2O2. The van der Waals surface area contributed by atoms with E-state index >= 15 is 0 Å². The lowest BCUT2D eigenvalue weighted by atomic mass is 9.98. The Bertz CT molecular complexity index is 528. The number of nitrogens with zero attached hydrogens (tertiary/aromatic N) is 1. The minimum Gasteiger partial charge on any atom is -0.368 e. The normalized spacial score (nSPS) is 20.2. The number of likely N-dealkylation sites (tertiary alicyclic amines) is 1. The second kappa shape index (κ2) is 6.26. The van der Waals surface area contributed by atoms with Gasteiger partial charge in [0.1, 0.15) is 6.04 Å². The number of halogens is 2. The molecule has 2 N–H and O–H groups in total. The highest BCUT2D eigenvalue weighted by molar-refractivity contribution is 9.11. The first-order valence-electron chi connectivity index (χ1n) is 6.47. The van der Waals surface area contributed by atoms with Gasteiger partial charge in [0.25, 0.3) is 0 Å². The van der Waals surface area contributed by atoms with E-state index in [-0.39, 0.29) is 11.8 Å². The number of amides is 2. The third-order valence-corrected chi connectivity index (χ3v) is 4.52. The lowest BCUT2D eigenvalue weighted by Gasteiger charge is -2.24. The van der Waals surface area contributed by atoms with Crippen LogP contribution in [0.15, 0.2) is 27.1 Å². The fourth-order valence-electron chi connectivity index (χ4n) is 2.64. The van der Waals surface area contributed by atoms with Crippen molar-refractivity contribution in [2.24, 2.45) is 5.73 Å². The summed E-state index contributed by atoms with van der Waals surface area (Å²) in [6, 6.07) is 5.48. The van der Waals surface area contributed by atoms with Crippen LogP contribution in [0, 0.1) is 0 Å². The van der Waals surface area contributed by atoms with Crippen molar-refractivity contribution in [2.75, 3.05) is 6.54 Å². The first kappa shape index (κ1) is 15.5. The molecule has 1 heterocycles. The zero-order valence-electron chi connectivity index (χ0n) is 11.1. The van der Waals surface area contributed by atoms with Crippen LogP contribution in [0.3, 0.4) is 0 Å². The number of hydrogen-bond acceptors (Lipinski definition) is 2. The summed E-state index contributed by atoms with van der Waals surface area (Å²) in [6.45, 7) is 2.41. The maximum Gasteiger partial charge on any atom is 0.240 e. The topological polar surface area (TPSA) is 63.4 Å². The third kappa shape index (κ3) is 3.23. The van der Waals surface area contributed by atoms with Gasteiger partial charge in [-0.2, -0.15) is 0 Å². The summed E-state index contributed by atoms with van der Waals surface area (Å²) in [5.41, 5.74) is 6.46. The second-order valence-corrected chi connectivity index (χ2v) is 6.81. The minimum atomic E-state index is -0.497. The molecule has 1 aromatic carbocycles. The molecule has 108 valence electrons. The van der Waals surface area contributed by atoms with Gasteiger partial charge in [0.2, 0.25) is 11.8 Å². The lowest BCUT2D eigenvalue weighted by Crippen LogP contribution is -2.45. The van der Waals surface area contributed by atoms with Crippen LogP contribution >= 0.6 is 31.9 Å². The molecule has 0 aromatic heterocycles. The summed E-state index contributed by atoms with van der Waals surface area (Å²) < 4.78 is 1.93. The molecule has 2 unspecified atom stereocenters. The summed E-state index contributed by atoms with van der Waals surface area (Å²) >= 11 is 6.91. The fourth-order valence-corrected chi connectivity index (χ4v) is 3.97. The van der Waals surface area contributed by atoms with E-state index in [2.05, 4.69) is 31.9 Å². The number of nitrogens with two attached hydrogens (primary N) is 1. The van der Waals surface area contributed by atoms with Crippen molar-refractivity contribution in [3.05, 3.63) is 32.7 Å². The molecule has 6 heteroatoms. The largest absolute Gasteiger partial charge is 0.368 e. The Morgan fingerprint density at radius 3 is 2.50 bits per heavy atom. The number of primary amides is 1. The van der Waals surface area contributed by atoms with Crippen LogP contribution in [0.4, 0.5) is 0 Å². The van der Waals surface area contributed by atoms with E-state index in [1.54, 1.807) is 4.90 Å². The van der Waals surface area contributed by atoms with Crippen LogP contribution in [0.25, 0.3) is 0 Å². The van der Waals surface area contributed by atoms with Gasteiger partial charge >= 0.3 is 0 Å². The van der Waals surface area contributed by atoms with Crippen LogP contribution < -0.4 is 5.73 Å². The monoisotopic (exact) mass is 402 g/mol. The molecular weight excluding hydrogens is 388 g/mol. The van der Waals surface area contributed by atoms with Gasteiger partial charge in [0.05, 0.1) is 0 Å². The smallest absolute Gasteiger partial charge is 0.240 e. The third-order valence-electron chi connectivity index (χ3n) is 3.61. The van der Waals surface area contributed by atoms with E-state index in [1.807, 2.05) is 25.1 Å². The number of hydrogen-bond donors (Lipinski definition) is 1. The summed E-state index contributed by atoms with van der Waals surface area (Å²) in [4.78, 5) is 25.2. The molecule has 0 saturated carbocycles. The second-order valence-electron chi connectivity index (χ2n) is 4.98. The Kier molecular flexibility index (Phi) is 4.86. The van der Waals surface area contributed by atoms with Gasteiger partial charge in [-0.3, -0.25) is 9.59 Å². The van der Waals surface area contributed by atoms with Crippen molar-refractivity contribution in [3.8, 4) is 0 Å². The molecule has 2 atom stereocenters. The number of carbonyl (C=O) groups excluding carboxylic acids is 2. The van der Waals surface area contributed by atoms with Crippen molar-refractivity contribution in [2.45, 2.75) is 31.7 Å². The molecule has 0 aliphatic carbocycles. The van der Waals surface area contributed by atoms with E-state index in [1.165, 1.54) is 0 Å². The maximum atomic E-state index is 12.1. The predicted molar refractivity (Wildman–Crippen MR) is 84.2 cm³/mol. The van der Waals surface area contributed by atoms with Crippen LogP contribution in [0.2, 0.25) is 0 Å². The first-order valence-corrected chi connectivity index (χ1v) is 8.05. The van der Waals surface area contributed by atoms with E-state index in [0.717, 1.165) is 14.5 Å². The van der Waals surface area contributed by atoms with Crippen LogP contribution in [0.1, 0.15) is 31.2 Å². The molecule has 0 spiro atoms. The molecule has 0 bridgehead atoms. The Hall–Kier alpha value is -0.880. The fraction of sp³-hybridized carbons (Fsp3) is 0.429. The Labute approximate surface area is 135 Å². The van der Waals surface area contributed by atoms with Crippen molar-refractivity contribution >= 4 is 43.7 Å². The van der Waals surface area contributed by atoms with Gasteiger partial charge in [-0.15, -0.1) is 0 Å². The molecule has 1 aliphatic rings. The number of benzene rings is 1. The predicted octanol–water partition coefficient (Wildman–Crippen LogP) is 2.79. The Morgan fingerprint density at radius 2 is 2.00 bits per heavy atom. The highest BCUT2D eigenvalue weighted by Crippen LogP contribution is 2.33. The quantitative estimate of drug-likeness (QED) is 0.839. The molecule has 2 amide bonds. The van der Waals surface area contributed by atoms with E-state index in [0.29, 0.717) is 19.4 Å². The molecule has 1 aromatic rings. The SMILES string of the molecule is CCC(C(N)=O)N1CC(c2cc(Br)cc(Br)c2)CC1=O. The maximum absolute atomic E-state index is 12.1. The van der Waals surface area contributed by atoms with Gasteiger partial charge in [0, 0.05) is 27.8 Å². The van der Waals surface area contributed by atoms with Crippen molar-refractivity contribution < 1.29 is 9.59 Å². The first-order chi connectivity index (χ1) is 9.42. The van der Waals surface area contributed by atoms with Gasteiger partial charge in [-0.1, -0.05) is 38.8 Å². The number of rotatable bonds is 4. The molecule has 4 nitrogen and oxygen atoms in total. The molecule has 1 fully saturated rings. The Morgan fingerprint density at radius 1 is 1.40 bits per heavy atom. The zero-order chi connectivity index (χ0) is 14.9. The molecule has 20 heavy (non-hydrogen) atoms. The van der Waals surface area contributed by atoms with Crippen molar-refractivity contribution in [3.63, 3.8) is 0 Å². The highest BCUT2D eigenvalue weighted by Gasteiger charge is 2.36. The van der Waals surface area contributed by atoms with Gasteiger partial charge in [-0.25, -0.2) is 0 Å². The molecule has 1 saturated heterocycles. The zero-order valence-corrected chi connectivity index (χ0v) is 14.3. The van der Waals surface area contributed by atoms with Crippen LogP contribution in [-0.2, 0) is 9.59 Å². The Balaban J connectivity index is 2.22. The molecule has 0 radical (unpaired) electrons. The number of carbonyl (C=O) groups is 2. The van der Waals surface area contributed by atoms with Crippen molar-refractivity contribution in [1.29, 1.82) is 0 Å². The highest BCUT2D eigenvalue weighted by atomic mass is 79.9. The molecule has 1 aliphatic heterocycles. The van der Waals surface area contributed by atoms with Crippen molar-refractivity contribution in [1.82, 2.24) is 4.90 Å². The van der Waals surface area contributed by atoms with Crippen LogP contribution in [0.5, 0.6) is 0 Å². The lowest BCUT2D eigenvalue weighted by molar-refractivity contribution is -0.136. The molecule has 2 rings (SSSR count). The average Bonchev–Trinajstić information content (AvgIpc) is 2.71. The van der Waals surface area contributed by atoms with E-state index in [9.17, 15) is 9.59 Å². The van der Waals surface area contributed by atoms with Gasteiger partial charge in [-0.05, 0) is 30.2 Å². The average molecular weight is 404 g/mol. The standard InChI is InChI=1S/C14H16Br2N2O2/c1-2-12(14(17)20)18-7-9(5-13(18)19)8-3-10(15)6-11(16)4-8/h3-4,6,9,12H,2,5,7H2,1H3,(H2,17,20). The van der Waals surface area contributed by atoms with E-state index < -0.39 is 11.9 Å². The summed E-state index contributed by atoms with van der Waals surface area (Å²) in [7, 11) is 0. The summed E-state index contributed by atoms with van der Waals surface area (Å²) in [5.74, 6) is -0.335.